The summed E-state index contributed by atoms with van der Waals surface area (Å²) >= 11 is 6.55. The lowest BCUT2D eigenvalue weighted by Gasteiger charge is -2.32. The molecule has 15 nitrogen and oxygen atoms in total. The summed E-state index contributed by atoms with van der Waals surface area (Å²) in [5, 5.41) is 16.6. The molecule has 2 aromatic rings. The molecule has 4 amide bonds. The number of hydrogen-bond donors (Lipinski definition) is 4. The number of ether oxygens (including phenoxy) is 3. The first kappa shape index (κ1) is 39.5. The lowest BCUT2D eigenvalue weighted by molar-refractivity contribution is -0.142. The van der Waals surface area contributed by atoms with E-state index in [-0.39, 0.29) is 43.7 Å². The third kappa shape index (κ3) is 8.25. The van der Waals surface area contributed by atoms with Gasteiger partial charge in [0.15, 0.2) is 0 Å². The molecule has 0 unspecified atom stereocenters. The number of carbonyl (C=O) groups excluding carboxylic acids is 3. The Morgan fingerprint density at radius 2 is 1.91 bits per heavy atom. The number of sulfonamides is 1. The maximum atomic E-state index is 14.5. The Morgan fingerprint density at radius 3 is 2.61 bits per heavy atom. The molecule has 4 N–H and O–H groups in total. The van der Waals surface area contributed by atoms with Crippen LogP contribution in [0.1, 0.15) is 65.7 Å². The highest BCUT2D eigenvalue weighted by molar-refractivity contribution is 7.91. The number of allylic oxidation sites excluding steroid dienone is 1. The third-order valence-electron chi connectivity index (χ3n) is 11.1. The van der Waals surface area contributed by atoms with Crippen LogP contribution in [0.25, 0.3) is 10.8 Å². The number of amides is 4. The minimum Gasteiger partial charge on any atom is -0.475 e. The number of halogens is 1. The second-order valence-corrected chi connectivity index (χ2v) is 17.9. The number of carbonyl (C=O) groups is 4. The lowest BCUT2D eigenvalue weighted by Crippen LogP contribution is -2.59. The average Bonchev–Trinajstić information content (AvgIpc) is 3.99. The zero-order chi connectivity index (χ0) is 39.0. The van der Waals surface area contributed by atoms with Crippen molar-refractivity contribution in [3.8, 4) is 11.8 Å². The van der Waals surface area contributed by atoms with Gasteiger partial charge in [0, 0.05) is 41.3 Å². The molecule has 17 heteroatoms. The molecular formula is C37H48ClN5O10S. The largest absolute Gasteiger partial charge is 0.475 e. The molecule has 0 spiro atoms. The van der Waals surface area contributed by atoms with E-state index in [1.54, 1.807) is 45.2 Å². The van der Waals surface area contributed by atoms with E-state index in [2.05, 4.69) is 20.3 Å². The Hall–Kier alpha value is -4.15. The number of benzene rings is 1. The molecule has 294 valence electrons. The second kappa shape index (κ2) is 15.5. The summed E-state index contributed by atoms with van der Waals surface area (Å²) < 4.78 is 44.8. The van der Waals surface area contributed by atoms with Crippen molar-refractivity contribution in [3.63, 3.8) is 0 Å². The van der Waals surface area contributed by atoms with E-state index in [1.807, 2.05) is 19.1 Å². The minimum absolute atomic E-state index is 0.0464. The van der Waals surface area contributed by atoms with E-state index in [0.29, 0.717) is 48.1 Å². The summed E-state index contributed by atoms with van der Waals surface area (Å²) in [6.45, 7) is 5.77. The predicted octanol–water partition coefficient (Wildman–Crippen LogP) is 3.78. The molecule has 7 atom stereocenters. The normalized spacial score (nSPS) is 30.1. The maximum absolute atomic E-state index is 14.5. The van der Waals surface area contributed by atoms with E-state index in [9.17, 15) is 32.7 Å². The number of nitrogens with one attached hydrogen (secondary N) is 3. The Balaban J connectivity index is 1.35. The highest BCUT2D eigenvalue weighted by atomic mass is 35.5. The van der Waals surface area contributed by atoms with Crippen molar-refractivity contribution in [1.29, 1.82) is 0 Å². The van der Waals surface area contributed by atoms with E-state index in [1.165, 1.54) is 4.90 Å². The molecule has 54 heavy (non-hydrogen) atoms. The number of methoxy groups -OCH3 is 1. The van der Waals surface area contributed by atoms with Crippen molar-refractivity contribution >= 4 is 56.2 Å². The molecule has 0 radical (unpaired) electrons. The van der Waals surface area contributed by atoms with E-state index >= 15 is 0 Å². The first-order valence-electron chi connectivity index (χ1n) is 18.3. The monoisotopic (exact) mass is 789 g/mol. The molecule has 0 bridgehead atoms. The van der Waals surface area contributed by atoms with Crippen LogP contribution in [0.3, 0.4) is 0 Å². The van der Waals surface area contributed by atoms with Crippen LogP contribution in [0.2, 0.25) is 5.02 Å². The van der Waals surface area contributed by atoms with Crippen molar-refractivity contribution in [2.24, 2.45) is 17.8 Å². The Bertz CT molecular complexity index is 1940. The second-order valence-electron chi connectivity index (χ2n) is 15.3. The number of hydrogen-bond acceptors (Lipinski definition) is 10. The Kier molecular flexibility index (Phi) is 11.4. The number of aromatic nitrogens is 1. The van der Waals surface area contributed by atoms with Crippen molar-refractivity contribution in [1.82, 2.24) is 25.2 Å². The number of carboxylic acid groups (broad SMARTS) is 1. The third-order valence-corrected chi connectivity index (χ3v) is 13.6. The van der Waals surface area contributed by atoms with Gasteiger partial charge in [-0.3, -0.25) is 19.1 Å². The van der Waals surface area contributed by atoms with Gasteiger partial charge >= 0.3 is 6.09 Å². The molecule has 6 rings (SSSR count). The van der Waals surface area contributed by atoms with Gasteiger partial charge in [-0.2, -0.15) is 4.98 Å². The van der Waals surface area contributed by atoms with Crippen LogP contribution in [0.5, 0.6) is 11.8 Å². The molecule has 2 aliphatic heterocycles. The van der Waals surface area contributed by atoms with E-state index in [0.717, 1.165) is 6.42 Å². The van der Waals surface area contributed by atoms with Gasteiger partial charge in [-0.1, -0.05) is 43.7 Å². The molecule has 3 heterocycles. The Labute approximate surface area is 319 Å². The van der Waals surface area contributed by atoms with Gasteiger partial charge in [-0.15, -0.1) is 0 Å². The van der Waals surface area contributed by atoms with Gasteiger partial charge in [-0.25, -0.2) is 13.2 Å². The van der Waals surface area contributed by atoms with Crippen LogP contribution in [-0.4, -0.2) is 103 Å². The summed E-state index contributed by atoms with van der Waals surface area (Å²) in [5.74, 6) is -2.61. The number of nitrogens with zero attached hydrogens (tertiary/aromatic N) is 2. The van der Waals surface area contributed by atoms with E-state index in [4.69, 9.17) is 25.8 Å². The van der Waals surface area contributed by atoms with Gasteiger partial charge in [0.05, 0.1) is 17.9 Å². The molecule has 2 aliphatic carbocycles. The summed E-state index contributed by atoms with van der Waals surface area (Å²) in [5.41, 5.74) is -1.57. The first-order valence-corrected chi connectivity index (χ1v) is 20.2. The fraction of sp³-hybridized carbons (Fsp3) is 0.595. The molecule has 4 aliphatic rings. The van der Waals surface area contributed by atoms with Crippen LogP contribution in [0.4, 0.5) is 4.79 Å². The summed E-state index contributed by atoms with van der Waals surface area (Å²) in [7, 11) is -2.48. The fourth-order valence-corrected chi connectivity index (χ4v) is 9.01. The fourth-order valence-electron chi connectivity index (χ4n) is 7.47. The predicted molar refractivity (Wildman–Crippen MR) is 199 cm³/mol. The van der Waals surface area contributed by atoms with Crippen LogP contribution < -0.4 is 24.8 Å². The van der Waals surface area contributed by atoms with E-state index < -0.39 is 74.1 Å². The zero-order valence-electron chi connectivity index (χ0n) is 30.8. The van der Waals surface area contributed by atoms with Gasteiger partial charge in [0.1, 0.15) is 30.3 Å². The zero-order valence-corrected chi connectivity index (χ0v) is 32.4. The van der Waals surface area contributed by atoms with Crippen molar-refractivity contribution in [2.75, 3.05) is 26.9 Å². The van der Waals surface area contributed by atoms with Crippen molar-refractivity contribution in [2.45, 2.75) is 94.2 Å². The lowest BCUT2D eigenvalue weighted by atomic mass is 9.88. The summed E-state index contributed by atoms with van der Waals surface area (Å²) in [6.07, 6.45) is 4.38. The molecule has 1 aromatic carbocycles. The van der Waals surface area contributed by atoms with Crippen LogP contribution in [0, 0.1) is 17.8 Å². The topological polar surface area (TPSA) is 203 Å². The quantitative estimate of drug-likeness (QED) is 0.202. The number of rotatable bonds is 10. The van der Waals surface area contributed by atoms with Crippen molar-refractivity contribution < 1.29 is 46.9 Å². The molecule has 3 fully saturated rings. The standard InChI is InChI=1S/C37H48ClN5O10S/c1-21-8-5-6-9-23-19-37(23,34(46)42-54(49,50)36(3)12-13-36)41-31(44)28-17-24(20-43(28)33(45)30(22(2)16-21)40-35(47)48)53-32-25-10-7-11-27(38)26(25)18-29(39-32)52-15-14-51-4/h6-7,9-11,18,21-24,28,30,40H,5,8,12-17,19-20H2,1-4H3,(H,41,44)(H,42,46)(H,47,48)/b9-6-/t21-,22-,23-,24-,28+,30+,37-/m1/s1. The Morgan fingerprint density at radius 1 is 1.15 bits per heavy atom. The SMILES string of the molecule is COCCOc1cc2c(Cl)cccc2c(O[C@@H]2C[C@H]3C(=O)N[C@]4(C(=O)NS(=O)(=O)C5(C)CC5)C[C@H]4/C=C\CC[C@@H](C)C[C@@H](C)[C@H](NC(=O)O)C(=O)N3C2)n1. The highest BCUT2D eigenvalue weighted by Crippen LogP contribution is 2.47. The van der Waals surface area contributed by atoms with Gasteiger partial charge in [-0.05, 0) is 69.4 Å². The van der Waals surface area contributed by atoms with Gasteiger partial charge in [0.2, 0.25) is 33.6 Å². The first-order chi connectivity index (χ1) is 25.6. The summed E-state index contributed by atoms with van der Waals surface area (Å²) in [4.78, 5) is 60.6. The molecule has 1 aromatic heterocycles. The number of fused-ring (bicyclic) bond motifs is 3. The smallest absolute Gasteiger partial charge is 0.405 e. The van der Waals surface area contributed by atoms with Gasteiger partial charge < -0.3 is 34.9 Å². The van der Waals surface area contributed by atoms with Crippen LogP contribution in [-0.2, 0) is 29.1 Å². The molecule has 2 saturated carbocycles. The molecule has 1 saturated heterocycles. The number of pyridine rings is 1. The van der Waals surface area contributed by atoms with Gasteiger partial charge in [0.25, 0.3) is 5.91 Å². The minimum atomic E-state index is -4.02. The highest BCUT2D eigenvalue weighted by Gasteiger charge is 2.63. The molecular weight excluding hydrogens is 742 g/mol. The van der Waals surface area contributed by atoms with Crippen LogP contribution in [0.15, 0.2) is 36.4 Å². The van der Waals surface area contributed by atoms with Crippen molar-refractivity contribution in [3.05, 3.63) is 41.4 Å². The maximum Gasteiger partial charge on any atom is 0.405 e. The van der Waals surface area contributed by atoms with Crippen LogP contribution >= 0.6 is 11.6 Å². The average molecular weight is 790 g/mol. The summed E-state index contributed by atoms with van der Waals surface area (Å²) in [6, 6.07) is 4.49.